The lowest BCUT2D eigenvalue weighted by molar-refractivity contribution is -0.137. The molecule has 0 spiro atoms. The summed E-state index contributed by atoms with van der Waals surface area (Å²) in [6.07, 6.45) is -2.53. The predicted octanol–water partition coefficient (Wildman–Crippen LogP) is 5.20. The summed E-state index contributed by atoms with van der Waals surface area (Å²) in [4.78, 5) is 23.6. The first-order valence-electron chi connectivity index (χ1n) is 10.1. The van der Waals surface area contributed by atoms with Crippen LogP contribution in [-0.2, 0) is 15.5 Å². The smallest absolute Gasteiger partial charge is 0.338 e. The van der Waals surface area contributed by atoms with Gasteiger partial charge in [0.05, 0.1) is 11.4 Å². The van der Waals surface area contributed by atoms with Crippen molar-refractivity contribution in [1.29, 1.82) is 0 Å². The Balaban J connectivity index is 2.04. The van der Waals surface area contributed by atoms with Crippen molar-refractivity contribution in [3.05, 3.63) is 53.3 Å². The largest absolute Gasteiger partial charge is 0.421 e. The molecule has 3 rings (SSSR count). The molecule has 1 aromatic carbocycles. The number of carbonyl (C=O) groups is 1. The van der Waals surface area contributed by atoms with Crippen LogP contribution < -0.4 is 21.4 Å². The van der Waals surface area contributed by atoms with E-state index in [-0.39, 0.29) is 17.5 Å². The van der Waals surface area contributed by atoms with Gasteiger partial charge in [-0.05, 0) is 56.5 Å². The third-order valence-corrected chi connectivity index (χ3v) is 6.07. The summed E-state index contributed by atoms with van der Waals surface area (Å²) in [6.45, 7) is 7.97. The van der Waals surface area contributed by atoms with Gasteiger partial charge in [0.2, 0.25) is 11.9 Å². The van der Waals surface area contributed by atoms with Gasteiger partial charge in [-0.1, -0.05) is 6.07 Å². The number of hydrogen-bond acceptors (Lipinski definition) is 7. The van der Waals surface area contributed by atoms with Gasteiger partial charge >= 0.3 is 6.18 Å². The molecule has 0 fully saturated rings. The van der Waals surface area contributed by atoms with Crippen molar-refractivity contribution in [1.82, 2.24) is 15.0 Å². The van der Waals surface area contributed by atoms with E-state index < -0.39 is 24.7 Å². The molecule has 0 saturated heterocycles. The zero-order valence-electron chi connectivity index (χ0n) is 19.2. The Morgan fingerprint density at radius 2 is 1.68 bits per heavy atom. The maximum absolute atomic E-state index is 13.7. The maximum Gasteiger partial charge on any atom is 0.421 e. The summed E-state index contributed by atoms with van der Waals surface area (Å²) in [6, 6.07) is 6.44. The number of aromatic nitrogens is 3. The summed E-state index contributed by atoms with van der Waals surface area (Å²) in [7, 11) is -2.66. The topological polar surface area (TPSA) is 109 Å². The first-order valence-corrected chi connectivity index (χ1v) is 12.7. The van der Waals surface area contributed by atoms with Crippen LogP contribution in [0.2, 0.25) is 0 Å². The maximum atomic E-state index is 13.7. The molecule has 0 aliphatic rings. The van der Waals surface area contributed by atoms with Gasteiger partial charge in [0.15, 0.2) is 0 Å². The number of aryl methyl sites for hydroxylation is 2. The van der Waals surface area contributed by atoms with E-state index in [1.165, 1.54) is 13.1 Å². The van der Waals surface area contributed by atoms with Crippen LogP contribution in [0.25, 0.3) is 0 Å². The molecule has 1 amide bonds. The van der Waals surface area contributed by atoms with Crippen LogP contribution >= 0.6 is 7.14 Å². The van der Waals surface area contributed by atoms with Gasteiger partial charge < -0.3 is 20.5 Å². The van der Waals surface area contributed by atoms with Crippen molar-refractivity contribution in [2.75, 3.05) is 29.3 Å². The Morgan fingerprint density at radius 1 is 0.971 bits per heavy atom. The molecule has 0 atom stereocenters. The van der Waals surface area contributed by atoms with E-state index in [2.05, 4.69) is 30.9 Å². The number of amides is 1. The zero-order chi connectivity index (χ0) is 25.3. The fourth-order valence-corrected chi connectivity index (χ4v) is 3.77. The lowest BCUT2D eigenvalue weighted by atomic mass is 10.1. The highest BCUT2D eigenvalue weighted by atomic mass is 31.2. The molecule has 8 nitrogen and oxygen atoms in total. The molecule has 0 aliphatic heterocycles. The van der Waals surface area contributed by atoms with Crippen molar-refractivity contribution in [3.8, 4) is 0 Å². The molecular formula is C22H24F3N6O2P. The van der Waals surface area contributed by atoms with Crippen LogP contribution in [0.5, 0.6) is 0 Å². The third kappa shape index (κ3) is 6.11. The molecule has 0 radical (unpaired) electrons. The highest BCUT2D eigenvalue weighted by Gasteiger charge is 2.35. The fraction of sp³-hybridized carbons (Fsp3) is 0.273. The number of pyridine rings is 1. The van der Waals surface area contributed by atoms with Gasteiger partial charge in [0, 0.05) is 25.0 Å². The Kier molecular flexibility index (Phi) is 6.97. The molecule has 2 heterocycles. The Hall–Kier alpha value is -3.46. The molecule has 3 N–H and O–H groups in total. The standard InChI is InChI=1S/C22H24F3N6O2P/c1-12-6-7-16(18(8-12)28-14(3)32)29-20-15(22(23,24)25)11-27-21(31-20)30-17-9-19(34(4,5)33)26-10-13(17)2/h6-11H,1-5H3,(H,28,32)(H2,26,27,29,30,31). The normalized spacial score (nSPS) is 11.8. The minimum absolute atomic E-state index is 0.106. The number of nitrogens with zero attached hydrogens (tertiary/aromatic N) is 3. The number of alkyl halides is 3. The summed E-state index contributed by atoms with van der Waals surface area (Å²) >= 11 is 0. The molecule has 34 heavy (non-hydrogen) atoms. The van der Waals surface area contributed by atoms with Crippen molar-refractivity contribution < 1.29 is 22.5 Å². The lowest BCUT2D eigenvalue weighted by Gasteiger charge is -2.18. The zero-order valence-corrected chi connectivity index (χ0v) is 20.1. The summed E-state index contributed by atoms with van der Waals surface area (Å²) < 4.78 is 53.4. The Bertz CT molecular complexity index is 1290. The minimum Gasteiger partial charge on any atom is -0.338 e. The fourth-order valence-electron chi connectivity index (χ4n) is 2.99. The van der Waals surface area contributed by atoms with Gasteiger partial charge in [0.1, 0.15) is 24.0 Å². The third-order valence-electron chi connectivity index (χ3n) is 4.72. The number of halogens is 3. The van der Waals surface area contributed by atoms with E-state index in [9.17, 15) is 22.5 Å². The molecule has 12 heteroatoms. The number of hydrogen-bond donors (Lipinski definition) is 3. The molecule has 2 aromatic heterocycles. The highest BCUT2D eigenvalue weighted by molar-refractivity contribution is 7.69. The quantitative estimate of drug-likeness (QED) is 0.406. The monoisotopic (exact) mass is 492 g/mol. The SMILES string of the molecule is CC(=O)Nc1cc(C)ccc1Nc1nc(Nc2cc(P(C)(C)=O)ncc2C)ncc1C(F)(F)F. The first kappa shape index (κ1) is 25.2. The minimum atomic E-state index is -4.73. The van der Waals surface area contributed by atoms with Gasteiger partial charge in [-0.25, -0.2) is 4.98 Å². The van der Waals surface area contributed by atoms with Crippen molar-refractivity contribution in [2.24, 2.45) is 0 Å². The second-order valence-corrected chi connectivity index (χ2v) is 11.3. The van der Waals surface area contributed by atoms with Crippen LogP contribution in [0.4, 0.5) is 42.0 Å². The predicted molar refractivity (Wildman–Crippen MR) is 127 cm³/mol. The number of anilines is 5. The summed E-state index contributed by atoms with van der Waals surface area (Å²) in [5.41, 5.74) is 1.77. The molecule has 180 valence electrons. The van der Waals surface area contributed by atoms with E-state index in [0.29, 0.717) is 28.6 Å². The number of rotatable bonds is 6. The van der Waals surface area contributed by atoms with Crippen LogP contribution in [0.15, 0.2) is 36.7 Å². The molecule has 3 aromatic rings. The van der Waals surface area contributed by atoms with Crippen molar-refractivity contribution in [3.63, 3.8) is 0 Å². The van der Waals surface area contributed by atoms with E-state index in [1.807, 2.05) is 0 Å². The van der Waals surface area contributed by atoms with Crippen LogP contribution in [0.3, 0.4) is 0 Å². The first-order chi connectivity index (χ1) is 15.7. The second kappa shape index (κ2) is 9.42. The molecule has 0 unspecified atom stereocenters. The van der Waals surface area contributed by atoms with Gasteiger partial charge in [0.25, 0.3) is 0 Å². The highest BCUT2D eigenvalue weighted by Crippen LogP contribution is 2.38. The number of benzene rings is 1. The van der Waals surface area contributed by atoms with E-state index in [1.54, 1.807) is 51.4 Å². The Morgan fingerprint density at radius 3 is 2.29 bits per heavy atom. The number of carbonyl (C=O) groups excluding carboxylic acids is 1. The average Bonchev–Trinajstić information content (AvgIpc) is 2.69. The number of nitrogens with one attached hydrogen (secondary N) is 3. The Labute approximate surface area is 194 Å². The van der Waals surface area contributed by atoms with Crippen molar-refractivity contribution in [2.45, 2.75) is 26.9 Å². The molecule has 0 bridgehead atoms. The summed E-state index contributed by atoms with van der Waals surface area (Å²) in [5.74, 6) is -0.974. The lowest BCUT2D eigenvalue weighted by Crippen LogP contribution is -2.15. The summed E-state index contributed by atoms with van der Waals surface area (Å²) in [5, 5.41) is 8.16. The average molecular weight is 492 g/mol. The van der Waals surface area contributed by atoms with Gasteiger partial charge in [-0.2, -0.15) is 18.2 Å². The van der Waals surface area contributed by atoms with Gasteiger partial charge in [-0.15, -0.1) is 0 Å². The van der Waals surface area contributed by atoms with Crippen molar-refractivity contribution >= 4 is 47.3 Å². The van der Waals surface area contributed by atoms with Crippen LogP contribution in [0.1, 0.15) is 23.6 Å². The van der Waals surface area contributed by atoms with E-state index in [0.717, 1.165) is 5.56 Å². The van der Waals surface area contributed by atoms with Crippen LogP contribution in [-0.4, -0.2) is 34.2 Å². The van der Waals surface area contributed by atoms with Gasteiger partial charge in [-0.3, -0.25) is 9.78 Å². The molecule has 0 aliphatic carbocycles. The molecule has 0 saturated carbocycles. The second-order valence-electron chi connectivity index (χ2n) is 8.14. The van der Waals surface area contributed by atoms with E-state index in [4.69, 9.17) is 0 Å². The molecular weight excluding hydrogens is 468 g/mol. The van der Waals surface area contributed by atoms with Crippen LogP contribution in [0, 0.1) is 13.8 Å². The van der Waals surface area contributed by atoms with E-state index >= 15 is 0 Å².